The lowest BCUT2D eigenvalue weighted by Gasteiger charge is -2.08. The molecule has 0 aromatic carbocycles. The number of hydrogen-bond donors (Lipinski definition) is 1. The molecule has 2 aromatic rings. The van der Waals surface area contributed by atoms with E-state index >= 15 is 0 Å². The zero-order valence-corrected chi connectivity index (χ0v) is 10.5. The van der Waals surface area contributed by atoms with Crippen LogP contribution in [0.3, 0.4) is 0 Å². The fourth-order valence-electron chi connectivity index (χ4n) is 1.67. The largest absolute Gasteiger partial charge is 0.397 e. The summed E-state index contributed by atoms with van der Waals surface area (Å²) in [6, 6.07) is 3.50. The first-order valence-corrected chi connectivity index (χ1v) is 5.83. The van der Waals surface area contributed by atoms with Crippen molar-refractivity contribution in [1.29, 1.82) is 0 Å². The summed E-state index contributed by atoms with van der Waals surface area (Å²) >= 11 is 0. The van der Waals surface area contributed by atoms with Crippen LogP contribution < -0.4 is 5.73 Å². The van der Waals surface area contributed by atoms with Crippen molar-refractivity contribution in [3.05, 3.63) is 24.2 Å². The van der Waals surface area contributed by atoms with Crippen molar-refractivity contribution >= 4 is 5.69 Å². The first kappa shape index (κ1) is 12.5. The normalized spacial score (nSPS) is 12.6. The van der Waals surface area contributed by atoms with Crippen LogP contribution in [-0.4, -0.2) is 22.2 Å². The highest BCUT2D eigenvalue weighted by Gasteiger charge is 2.19. The topological polar surface area (TPSA) is 87.1 Å². The van der Waals surface area contributed by atoms with Crippen molar-refractivity contribution < 1.29 is 9.26 Å². The predicted octanol–water partition coefficient (Wildman–Crippen LogP) is 2.20. The SMILES string of the molecule is CCCC(OC)c1noc(-c2ncccc2N)n1. The molecule has 1 atom stereocenters. The summed E-state index contributed by atoms with van der Waals surface area (Å²) < 4.78 is 10.5. The van der Waals surface area contributed by atoms with Crippen LogP contribution >= 0.6 is 0 Å². The van der Waals surface area contributed by atoms with Gasteiger partial charge in [-0.25, -0.2) is 4.98 Å². The van der Waals surface area contributed by atoms with E-state index in [9.17, 15) is 0 Å². The van der Waals surface area contributed by atoms with E-state index in [4.69, 9.17) is 15.0 Å². The van der Waals surface area contributed by atoms with E-state index in [0.29, 0.717) is 23.1 Å². The second-order valence-electron chi connectivity index (χ2n) is 3.91. The van der Waals surface area contributed by atoms with Crippen LogP contribution in [0.2, 0.25) is 0 Å². The van der Waals surface area contributed by atoms with Gasteiger partial charge in [-0.1, -0.05) is 18.5 Å². The molecule has 0 aliphatic heterocycles. The minimum atomic E-state index is -0.155. The van der Waals surface area contributed by atoms with E-state index in [1.807, 2.05) is 0 Å². The highest BCUT2D eigenvalue weighted by molar-refractivity contribution is 5.65. The molecule has 6 nitrogen and oxygen atoms in total. The lowest BCUT2D eigenvalue weighted by Crippen LogP contribution is -2.03. The molecule has 0 aliphatic carbocycles. The molecule has 6 heteroatoms. The third-order valence-corrected chi connectivity index (χ3v) is 2.61. The van der Waals surface area contributed by atoms with E-state index in [1.165, 1.54) is 0 Å². The molecule has 0 bridgehead atoms. The third kappa shape index (κ3) is 2.48. The van der Waals surface area contributed by atoms with Gasteiger partial charge in [0.2, 0.25) is 5.82 Å². The second-order valence-corrected chi connectivity index (χ2v) is 3.91. The molecule has 0 radical (unpaired) electrons. The van der Waals surface area contributed by atoms with Gasteiger partial charge in [0.15, 0.2) is 5.69 Å². The number of methoxy groups -OCH3 is 1. The smallest absolute Gasteiger partial charge is 0.278 e. The van der Waals surface area contributed by atoms with Gasteiger partial charge >= 0.3 is 0 Å². The minimum Gasteiger partial charge on any atom is -0.397 e. The molecule has 0 saturated heterocycles. The third-order valence-electron chi connectivity index (χ3n) is 2.61. The van der Waals surface area contributed by atoms with Crippen LogP contribution in [0, 0.1) is 0 Å². The molecule has 2 heterocycles. The molecule has 0 aliphatic rings. The highest BCUT2D eigenvalue weighted by atomic mass is 16.5. The monoisotopic (exact) mass is 248 g/mol. The first-order chi connectivity index (χ1) is 8.76. The Morgan fingerprint density at radius 3 is 3.00 bits per heavy atom. The summed E-state index contributed by atoms with van der Waals surface area (Å²) in [6.45, 7) is 2.07. The fourth-order valence-corrected chi connectivity index (χ4v) is 1.67. The number of anilines is 1. The maximum absolute atomic E-state index is 5.81. The molecular formula is C12H16N4O2. The maximum atomic E-state index is 5.81. The summed E-state index contributed by atoms with van der Waals surface area (Å²) in [5.41, 5.74) is 6.82. The molecule has 1 unspecified atom stereocenters. The fraction of sp³-hybridized carbons (Fsp3) is 0.417. The Bertz CT molecular complexity index is 512. The molecule has 2 aromatic heterocycles. The molecule has 0 saturated carbocycles. The lowest BCUT2D eigenvalue weighted by atomic mass is 10.2. The van der Waals surface area contributed by atoms with Gasteiger partial charge in [0, 0.05) is 13.3 Å². The first-order valence-electron chi connectivity index (χ1n) is 5.83. The second kappa shape index (κ2) is 5.59. The van der Waals surface area contributed by atoms with Crippen molar-refractivity contribution in [1.82, 2.24) is 15.1 Å². The number of nitrogens with two attached hydrogens (primary N) is 1. The molecule has 0 amide bonds. The number of rotatable bonds is 5. The molecule has 2 N–H and O–H groups in total. The van der Waals surface area contributed by atoms with Gasteiger partial charge in [-0.15, -0.1) is 0 Å². The molecule has 2 rings (SSSR count). The van der Waals surface area contributed by atoms with E-state index in [1.54, 1.807) is 25.4 Å². The number of hydrogen-bond acceptors (Lipinski definition) is 6. The van der Waals surface area contributed by atoms with Gasteiger partial charge in [0.1, 0.15) is 6.10 Å². The predicted molar refractivity (Wildman–Crippen MR) is 66.6 cm³/mol. The van der Waals surface area contributed by atoms with Crippen molar-refractivity contribution in [3.8, 4) is 11.6 Å². The Morgan fingerprint density at radius 2 is 2.33 bits per heavy atom. The molecule has 0 fully saturated rings. The average Bonchev–Trinajstić information content (AvgIpc) is 2.85. The van der Waals surface area contributed by atoms with E-state index in [0.717, 1.165) is 12.8 Å². The number of ether oxygens (including phenoxy) is 1. The Morgan fingerprint density at radius 1 is 1.50 bits per heavy atom. The molecular weight excluding hydrogens is 232 g/mol. The van der Waals surface area contributed by atoms with Gasteiger partial charge in [0.25, 0.3) is 5.89 Å². The van der Waals surface area contributed by atoms with Crippen LogP contribution in [0.15, 0.2) is 22.9 Å². The van der Waals surface area contributed by atoms with Crippen molar-refractivity contribution in [2.45, 2.75) is 25.9 Å². The molecule has 0 spiro atoms. The van der Waals surface area contributed by atoms with Gasteiger partial charge in [0.05, 0.1) is 5.69 Å². The Hall–Kier alpha value is -1.95. The summed E-state index contributed by atoms with van der Waals surface area (Å²) in [5.74, 6) is 0.848. The number of pyridine rings is 1. The summed E-state index contributed by atoms with van der Waals surface area (Å²) in [6.07, 6.45) is 3.30. The maximum Gasteiger partial charge on any atom is 0.278 e. The molecule has 18 heavy (non-hydrogen) atoms. The Labute approximate surface area is 105 Å². The number of nitrogen functional groups attached to an aromatic ring is 1. The van der Waals surface area contributed by atoms with Crippen molar-refractivity contribution in [2.24, 2.45) is 0 Å². The molecule has 96 valence electrons. The van der Waals surface area contributed by atoms with Crippen LogP contribution in [0.4, 0.5) is 5.69 Å². The Balaban J connectivity index is 2.28. The number of nitrogens with zero attached hydrogens (tertiary/aromatic N) is 3. The van der Waals surface area contributed by atoms with Crippen molar-refractivity contribution in [2.75, 3.05) is 12.8 Å². The van der Waals surface area contributed by atoms with E-state index < -0.39 is 0 Å². The van der Waals surface area contributed by atoms with Crippen molar-refractivity contribution in [3.63, 3.8) is 0 Å². The minimum absolute atomic E-state index is 0.155. The van der Waals surface area contributed by atoms with Gasteiger partial charge in [-0.3, -0.25) is 0 Å². The van der Waals surface area contributed by atoms with Crippen LogP contribution in [0.5, 0.6) is 0 Å². The zero-order chi connectivity index (χ0) is 13.0. The van der Waals surface area contributed by atoms with E-state index in [2.05, 4.69) is 22.0 Å². The summed E-state index contributed by atoms with van der Waals surface area (Å²) in [7, 11) is 1.63. The summed E-state index contributed by atoms with van der Waals surface area (Å²) in [4.78, 5) is 8.42. The van der Waals surface area contributed by atoms with Crippen LogP contribution in [-0.2, 0) is 4.74 Å². The zero-order valence-electron chi connectivity index (χ0n) is 10.5. The highest BCUT2D eigenvalue weighted by Crippen LogP contribution is 2.25. The number of aromatic nitrogens is 3. The van der Waals surface area contributed by atoms with Gasteiger partial charge in [-0.05, 0) is 18.6 Å². The van der Waals surface area contributed by atoms with Gasteiger partial charge in [-0.2, -0.15) is 4.98 Å². The lowest BCUT2D eigenvalue weighted by molar-refractivity contribution is 0.0854. The van der Waals surface area contributed by atoms with Gasteiger partial charge < -0.3 is 15.0 Å². The van der Waals surface area contributed by atoms with Crippen LogP contribution in [0.25, 0.3) is 11.6 Å². The summed E-state index contributed by atoms with van der Waals surface area (Å²) in [5, 5.41) is 3.92. The standard InChI is InChI=1S/C12H16N4O2/c1-3-5-9(17-2)11-15-12(18-16-11)10-8(13)6-4-7-14-10/h4,6-7,9H,3,5,13H2,1-2H3. The Kier molecular flexibility index (Phi) is 3.88. The average molecular weight is 248 g/mol. The quantitative estimate of drug-likeness (QED) is 0.872. The van der Waals surface area contributed by atoms with E-state index in [-0.39, 0.29) is 6.10 Å². The van der Waals surface area contributed by atoms with Crippen LogP contribution in [0.1, 0.15) is 31.7 Å².